The van der Waals surface area contributed by atoms with Crippen LogP contribution >= 0.6 is 31.9 Å². The van der Waals surface area contributed by atoms with Crippen molar-refractivity contribution in [3.05, 3.63) is 62.8 Å². The quantitative estimate of drug-likeness (QED) is 0.819. The first-order valence-corrected chi connectivity index (χ1v) is 6.67. The van der Waals surface area contributed by atoms with Crippen LogP contribution in [0.5, 0.6) is 0 Å². The molecule has 2 aromatic carbocycles. The number of hydrogen-bond acceptors (Lipinski definition) is 1. The number of carbonyl (C=O) groups excluding carboxylic acids is 1. The Balaban J connectivity index is 2.28. The normalized spacial score (nSPS) is 10.2. The fourth-order valence-corrected chi connectivity index (χ4v) is 2.40. The van der Waals surface area contributed by atoms with Gasteiger partial charge in [0.05, 0.1) is 5.56 Å². The molecule has 18 heavy (non-hydrogen) atoms. The van der Waals surface area contributed by atoms with E-state index in [1.54, 1.807) is 24.3 Å². The molecular formula is C13H8Br2FNO. The Bertz CT molecular complexity index is 581. The van der Waals surface area contributed by atoms with Crippen LogP contribution in [0.2, 0.25) is 0 Å². The highest BCUT2D eigenvalue weighted by Gasteiger charge is 2.15. The van der Waals surface area contributed by atoms with E-state index in [2.05, 4.69) is 37.2 Å². The van der Waals surface area contributed by atoms with Gasteiger partial charge in [-0.15, -0.1) is 0 Å². The number of rotatable bonds is 2. The average molecular weight is 373 g/mol. The van der Waals surface area contributed by atoms with Crippen molar-refractivity contribution in [1.82, 2.24) is 0 Å². The molecule has 0 aromatic heterocycles. The van der Waals surface area contributed by atoms with Crippen LogP contribution in [0.3, 0.4) is 0 Å². The van der Waals surface area contributed by atoms with Crippen molar-refractivity contribution in [3.8, 4) is 0 Å². The lowest BCUT2D eigenvalue weighted by Crippen LogP contribution is -2.14. The number of halogens is 3. The second-order valence-electron chi connectivity index (χ2n) is 3.56. The molecule has 1 amide bonds. The monoisotopic (exact) mass is 371 g/mol. The molecule has 1 N–H and O–H groups in total. The Morgan fingerprint density at radius 2 is 1.83 bits per heavy atom. The van der Waals surface area contributed by atoms with Crippen molar-refractivity contribution in [2.45, 2.75) is 0 Å². The van der Waals surface area contributed by atoms with Crippen molar-refractivity contribution < 1.29 is 9.18 Å². The number of amides is 1. The molecule has 0 spiro atoms. The molecule has 0 unspecified atom stereocenters. The summed E-state index contributed by atoms with van der Waals surface area (Å²) in [6, 6.07) is 11.5. The van der Waals surface area contributed by atoms with Gasteiger partial charge in [0.1, 0.15) is 5.82 Å². The van der Waals surface area contributed by atoms with Crippen LogP contribution in [0.4, 0.5) is 10.1 Å². The lowest BCUT2D eigenvalue weighted by molar-refractivity contribution is 0.102. The van der Waals surface area contributed by atoms with E-state index in [9.17, 15) is 9.18 Å². The summed E-state index contributed by atoms with van der Waals surface area (Å²) in [7, 11) is 0. The van der Waals surface area contributed by atoms with Crippen molar-refractivity contribution in [2.75, 3.05) is 5.32 Å². The highest BCUT2D eigenvalue weighted by Crippen LogP contribution is 2.22. The van der Waals surface area contributed by atoms with E-state index < -0.39 is 11.7 Å². The van der Waals surface area contributed by atoms with Gasteiger partial charge < -0.3 is 5.32 Å². The fourth-order valence-electron chi connectivity index (χ4n) is 1.47. The standard InChI is InChI=1S/C13H8Br2FNO/c14-8-3-1-4-9(7-8)17-13(18)12-10(15)5-2-6-11(12)16/h1-7H,(H,17,18). The van der Waals surface area contributed by atoms with Crippen molar-refractivity contribution in [2.24, 2.45) is 0 Å². The Morgan fingerprint density at radius 1 is 1.11 bits per heavy atom. The predicted octanol–water partition coefficient (Wildman–Crippen LogP) is 4.60. The van der Waals surface area contributed by atoms with E-state index in [4.69, 9.17) is 0 Å². The van der Waals surface area contributed by atoms with E-state index in [1.807, 2.05) is 6.07 Å². The molecule has 2 rings (SSSR count). The largest absolute Gasteiger partial charge is 0.322 e. The average Bonchev–Trinajstić information content (AvgIpc) is 2.28. The van der Waals surface area contributed by atoms with Crippen molar-refractivity contribution >= 4 is 43.5 Å². The number of benzene rings is 2. The fraction of sp³-hybridized carbons (Fsp3) is 0. The van der Waals surface area contributed by atoms with E-state index in [0.29, 0.717) is 10.2 Å². The molecule has 92 valence electrons. The van der Waals surface area contributed by atoms with Crippen molar-refractivity contribution in [1.29, 1.82) is 0 Å². The minimum absolute atomic E-state index is 0.00234. The first-order valence-electron chi connectivity index (χ1n) is 5.09. The minimum atomic E-state index is -0.558. The first kappa shape index (κ1) is 13.2. The maximum absolute atomic E-state index is 13.6. The predicted molar refractivity (Wildman–Crippen MR) is 76.2 cm³/mol. The number of carbonyl (C=O) groups is 1. The number of anilines is 1. The molecule has 0 atom stereocenters. The maximum atomic E-state index is 13.6. The molecule has 0 aliphatic rings. The number of nitrogens with one attached hydrogen (secondary N) is 1. The third-order valence-electron chi connectivity index (χ3n) is 2.27. The summed E-state index contributed by atoms with van der Waals surface area (Å²) in [5, 5.41) is 2.64. The molecule has 0 saturated carbocycles. The Hall–Kier alpha value is -1.20. The Kier molecular flexibility index (Phi) is 4.14. The van der Waals surface area contributed by atoms with Crippen LogP contribution in [-0.4, -0.2) is 5.91 Å². The molecule has 0 aliphatic carbocycles. The zero-order valence-electron chi connectivity index (χ0n) is 9.08. The van der Waals surface area contributed by atoms with Gasteiger partial charge in [-0.1, -0.05) is 28.1 Å². The zero-order valence-corrected chi connectivity index (χ0v) is 12.3. The first-order chi connectivity index (χ1) is 8.58. The van der Waals surface area contributed by atoms with Gasteiger partial charge in [-0.2, -0.15) is 0 Å². The van der Waals surface area contributed by atoms with Crippen LogP contribution in [0, 0.1) is 5.82 Å². The summed E-state index contributed by atoms with van der Waals surface area (Å²) >= 11 is 6.47. The molecule has 0 saturated heterocycles. The van der Waals surface area contributed by atoms with Crippen LogP contribution < -0.4 is 5.32 Å². The van der Waals surface area contributed by atoms with E-state index in [1.165, 1.54) is 12.1 Å². The number of hydrogen-bond donors (Lipinski definition) is 1. The van der Waals surface area contributed by atoms with Crippen LogP contribution in [0.25, 0.3) is 0 Å². The summed E-state index contributed by atoms with van der Waals surface area (Å²) in [6.07, 6.45) is 0. The summed E-state index contributed by atoms with van der Waals surface area (Å²) in [6.45, 7) is 0. The van der Waals surface area contributed by atoms with Crippen molar-refractivity contribution in [3.63, 3.8) is 0 Å². The summed E-state index contributed by atoms with van der Waals surface area (Å²) < 4.78 is 14.8. The molecular weight excluding hydrogens is 365 g/mol. The second-order valence-corrected chi connectivity index (χ2v) is 5.33. The van der Waals surface area contributed by atoms with Crippen LogP contribution in [-0.2, 0) is 0 Å². The third kappa shape index (κ3) is 2.97. The summed E-state index contributed by atoms with van der Waals surface area (Å²) in [5.41, 5.74) is 0.599. The zero-order chi connectivity index (χ0) is 13.1. The summed E-state index contributed by atoms with van der Waals surface area (Å²) in [4.78, 5) is 12.0. The Morgan fingerprint density at radius 3 is 2.50 bits per heavy atom. The van der Waals surface area contributed by atoms with Gasteiger partial charge in [-0.3, -0.25) is 4.79 Å². The van der Waals surface area contributed by atoms with Gasteiger partial charge in [0, 0.05) is 14.6 Å². The van der Waals surface area contributed by atoms with Gasteiger partial charge >= 0.3 is 0 Å². The highest BCUT2D eigenvalue weighted by atomic mass is 79.9. The smallest absolute Gasteiger partial charge is 0.259 e. The van der Waals surface area contributed by atoms with Gasteiger partial charge in [0.25, 0.3) is 5.91 Å². The van der Waals surface area contributed by atoms with Crippen LogP contribution in [0.1, 0.15) is 10.4 Å². The molecule has 0 aliphatic heterocycles. The molecule has 5 heteroatoms. The molecule has 2 aromatic rings. The molecule has 0 radical (unpaired) electrons. The second kappa shape index (κ2) is 5.63. The Labute approximate surface area is 120 Å². The van der Waals surface area contributed by atoms with E-state index in [-0.39, 0.29) is 5.56 Å². The van der Waals surface area contributed by atoms with Gasteiger partial charge in [-0.25, -0.2) is 4.39 Å². The SMILES string of the molecule is O=C(Nc1cccc(Br)c1)c1c(F)cccc1Br. The third-order valence-corrected chi connectivity index (χ3v) is 3.43. The molecule has 0 bridgehead atoms. The molecule has 0 fully saturated rings. The van der Waals surface area contributed by atoms with E-state index >= 15 is 0 Å². The van der Waals surface area contributed by atoms with Gasteiger partial charge in [0.15, 0.2) is 0 Å². The topological polar surface area (TPSA) is 29.1 Å². The summed E-state index contributed by atoms with van der Waals surface area (Å²) in [5.74, 6) is -1.05. The molecule has 2 nitrogen and oxygen atoms in total. The minimum Gasteiger partial charge on any atom is -0.322 e. The maximum Gasteiger partial charge on any atom is 0.259 e. The molecule has 0 heterocycles. The van der Waals surface area contributed by atoms with E-state index in [0.717, 1.165) is 4.47 Å². The highest BCUT2D eigenvalue weighted by molar-refractivity contribution is 9.10. The van der Waals surface area contributed by atoms with Crippen LogP contribution in [0.15, 0.2) is 51.4 Å². The lowest BCUT2D eigenvalue weighted by Gasteiger charge is -2.08. The van der Waals surface area contributed by atoms with Gasteiger partial charge in [-0.05, 0) is 46.3 Å². The lowest BCUT2D eigenvalue weighted by atomic mass is 10.2. The van der Waals surface area contributed by atoms with Gasteiger partial charge in [0.2, 0.25) is 0 Å².